The van der Waals surface area contributed by atoms with Crippen LogP contribution in [0.2, 0.25) is 0 Å². The number of hydrogen-bond donors (Lipinski definition) is 0. The third-order valence-electron chi connectivity index (χ3n) is 14.6. The van der Waals surface area contributed by atoms with Crippen LogP contribution in [0.15, 0.2) is 229 Å². The Morgan fingerprint density at radius 3 is 1.54 bits per heavy atom. The van der Waals surface area contributed by atoms with E-state index in [1.165, 1.54) is 59.3 Å². The number of benzene rings is 10. The number of nitrogens with zero attached hydrogens (tertiary/aromatic N) is 3. The van der Waals surface area contributed by atoms with Crippen LogP contribution >= 0.6 is 11.3 Å². The maximum atomic E-state index is 6.69. The Kier molecular flexibility index (Phi) is 8.12. The van der Waals surface area contributed by atoms with Crippen molar-refractivity contribution in [3.8, 4) is 78.7 Å². The van der Waals surface area contributed by atoms with E-state index in [1.54, 1.807) is 11.3 Å². The maximum Gasteiger partial charge on any atom is 0.164 e. The molecule has 2 aliphatic rings. The molecule has 0 N–H and O–H groups in total. The molecule has 69 heavy (non-hydrogen) atoms. The molecule has 15 rings (SSSR count). The molecule has 2 aliphatic carbocycles. The smallest absolute Gasteiger partial charge is 0.164 e. The molecule has 4 nitrogen and oxygen atoms in total. The molecule has 3 heterocycles. The minimum atomic E-state index is -0.426. The van der Waals surface area contributed by atoms with Crippen LogP contribution in [0.5, 0.6) is 0 Å². The molecular weight excluding hydrogens is 859 g/mol. The van der Waals surface area contributed by atoms with Gasteiger partial charge in [-0.3, -0.25) is 0 Å². The van der Waals surface area contributed by atoms with Gasteiger partial charge in [-0.1, -0.05) is 188 Å². The van der Waals surface area contributed by atoms with Crippen LogP contribution < -0.4 is 0 Å². The molecule has 0 fully saturated rings. The molecule has 13 aromatic rings. The Labute approximate surface area is 401 Å². The Bertz CT molecular complexity index is 4200. The average molecular weight is 896 g/mol. The fourth-order valence-electron chi connectivity index (χ4n) is 11.6. The number of rotatable bonds is 5. The topological polar surface area (TPSA) is 51.8 Å². The molecule has 0 amide bonds. The third kappa shape index (κ3) is 5.53. The molecule has 0 saturated heterocycles. The maximum absolute atomic E-state index is 6.69. The van der Waals surface area contributed by atoms with Crippen molar-refractivity contribution in [1.29, 1.82) is 0 Å². The van der Waals surface area contributed by atoms with Gasteiger partial charge in [-0.25, -0.2) is 15.0 Å². The summed E-state index contributed by atoms with van der Waals surface area (Å²) in [5.41, 5.74) is 19.0. The summed E-state index contributed by atoms with van der Waals surface area (Å²) in [4.78, 5) is 16.0. The summed E-state index contributed by atoms with van der Waals surface area (Å²) in [6, 6.07) is 80.9. The van der Waals surface area contributed by atoms with Crippen molar-refractivity contribution in [1.82, 2.24) is 15.0 Å². The van der Waals surface area contributed by atoms with Crippen LogP contribution in [0, 0.1) is 0 Å². The minimum Gasteiger partial charge on any atom is -0.456 e. The highest BCUT2D eigenvalue weighted by Gasteiger charge is 2.51. The van der Waals surface area contributed by atoms with Crippen LogP contribution in [0.3, 0.4) is 0 Å². The van der Waals surface area contributed by atoms with E-state index in [-0.39, 0.29) is 0 Å². The lowest BCUT2D eigenvalue weighted by Gasteiger charge is -2.30. The molecule has 0 unspecified atom stereocenters. The molecule has 10 aromatic carbocycles. The van der Waals surface area contributed by atoms with Crippen molar-refractivity contribution in [3.05, 3.63) is 247 Å². The first kappa shape index (κ1) is 38.3. The molecule has 0 saturated carbocycles. The number of thiophene rings is 1. The second-order valence-electron chi connectivity index (χ2n) is 18.2. The van der Waals surface area contributed by atoms with Crippen LogP contribution in [0.4, 0.5) is 0 Å². The molecule has 3 aromatic heterocycles. The van der Waals surface area contributed by atoms with Crippen LogP contribution in [-0.4, -0.2) is 15.0 Å². The van der Waals surface area contributed by atoms with Gasteiger partial charge in [0.1, 0.15) is 11.2 Å². The van der Waals surface area contributed by atoms with Gasteiger partial charge in [0.25, 0.3) is 0 Å². The molecule has 0 atom stereocenters. The van der Waals surface area contributed by atoms with E-state index in [4.69, 9.17) is 19.4 Å². The average Bonchev–Trinajstić information content (AvgIpc) is 4.16. The number of aromatic nitrogens is 3. The summed E-state index contributed by atoms with van der Waals surface area (Å²) in [6.45, 7) is 0. The van der Waals surface area contributed by atoms with Crippen molar-refractivity contribution >= 4 is 53.4 Å². The second-order valence-corrected chi connectivity index (χ2v) is 19.2. The molecular formula is C64H37N3OS. The van der Waals surface area contributed by atoms with Gasteiger partial charge in [-0.15, -0.1) is 11.3 Å². The van der Waals surface area contributed by atoms with Gasteiger partial charge in [-0.05, 0) is 103 Å². The largest absolute Gasteiger partial charge is 0.456 e. The highest BCUT2D eigenvalue weighted by atomic mass is 32.1. The van der Waals surface area contributed by atoms with Gasteiger partial charge >= 0.3 is 0 Å². The Balaban J connectivity index is 0.923. The quantitative estimate of drug-likeness (QED) is 0.173. The fourth-order valence-corrected chi connectivity index (χ4v) is 12.7. The van der Waals surface area contributed by atoms with Crippen molar-refractivity contribution in [2.75, 3.05) is 0 Å². The summed E-state index contributed by atoms with van der Waals surface area (Å²) in [5, 5.41) is 4.33. The normalized spacial score (nSPS) is 13.0. The van der Waals surface area contributed by atoms with Gasteiger partial charge in [-0.2, -0.15) is 0 Å². The van der Waals surface area contributed by atoms with E-state index < -0.39 is 5.41 Å². The predicted molar refractivity (Wildman–Crippen MR) is 283 cm³/mol. The van der Waals surface area contributed by atoms with E-state index in [1.807, 2.05) is 18.2 Å². The first-order chi connectivity index (χ1) is 34.2. The monoisotopic (exact) mass is 895 g/mol. The minimum absolute atomic E-state index is 0.426. The van der Waals surface area contributed by atoms with Crippen molar-refractivity contribution in [3.63, 3.8) is 0 Å². The van der Waals surface area contributed by atoms with E-state index in [0.29, 0.717) is 17.5 Å². The summed E-state index contributed by atoms with van der Waals surface area (Å²) < 4.78 is 9.12. The lowest BCUT2D eigenvalue weighted by molar-refractivity contribution is 0.669. The Morgan fingerprint density at radius 2 is 0.812 bits per heavy atom. The molecule has 1 spiro atoms. The standard InChI is InChI=1S/C64H37N3OS/c1-2-14-38(15-3-1)39-28-30-40(31-29-39)61-65-62(67-63(66-61)49-21-13-27-58-60(49)47-19-7-11-26-57(47)69-58)48-20-12-25-56-59(48)50-36-41(33-35-55(50)68-56)42-32-34-46-45-18-6-10-24-53(45)64(54(46)37-42)51-22-8-4-16-43(51)44-17-5-9-23-52(44)64/h1-37H. The Hall–Kier alpha value is -8.77. The lowest BCUT2D eigenvalue weighted by atomic mass is 9.70. The zero-order chi connectivity index (χ0) is 45.2. The van der Waals surface area contributed by atoms with Gasteiger partial charge in [0.05, 0.1) is 5.41 Å². The third-order valence-corrected chi connectivity index (χ3v) is 15.7. The molecule has 320 valence electrons. The summed E-state index contributed by atoms with van der Waals surface area (Å²) in [5.74, 6) is 1.83. The first-order valence-electron chi connectivity index (χ1n) is 23.4. The van der Waals surface area contributed by atoms with Crippen LogP contribution in [-0.2, 0) is 5.41 Å². The van der Waals surface area contributed by atoms with Crippen molar-refractivity contribution in [2.45, 2.75) is 5.41 Å². The van der Waals surface area contributed by atoms with Gasteiger partial charge in [0.15, 0.2) is 17.5 Å². The summed E-state index contributed by atoms with van der Waals surface area (Å²) >= 11 is 1.79. The number of hydrogen-bond acceptors (Lipinski definition) is 5. The number of furan rings is 1. The predicted octanol–water partition coefficient (Wildman–Crippen LogP) is 16.8. The van der Waals surface area contributed by atoms with Gasteiger partial charge in [0, 0.05) is 47.6 Å². The fraction of sp³-hybridized carbons (Fsp3) is 0.0156. The van der Waals surface area contributed by atoms with E-state index in [0.717, 1.165) is 66.3 Å². The van der Waals surface area contributed by atoms with Gasteiger partial charge in [0.2, 0.25) is 0 Å². The van der Waals surface area contributed by atoms with Gasteiger partial charge < -0.3 is 4.42 Å². The molecule has 0 aliphatic heterocycles. The summed E-state index contributed by atoms with van der Waals surface area (Å²) in [7, 11) is 0. The zero-order valence-electron chi connectivity index (χ0n) is 37.0. The lowest BCUT2D eigenvalue weighted by Crippen LogP contribution is -2.25. The second kappa shape index (κ2) is 14.6. The van der Waals surface area contributed by atoms with Crippen molar-refractivity contribution < 1.29 is 4.42 Å². The van der Waals surface area contributed by atoms with Crippen LogP contribution in [0.1, 0.15) is 22.3 Å². The number of fused-ring (bicyclic) bond motifs is 16. The van der Waals surface area contributed by atoms with Crippen molar-refractivity contribution in [2.24, 2.45) is 0 Å². The van der Waals surface area contributed by atoms with E-state index in [2.05, 4.69) is 206 Å². The first-order valence-corrected chi connectivity index (χ1v) is 24.2. The molecule has 0 bridgehead atoms. The highest BCUT2D eigenvalue weighted by molar-refractivity contribution is 7.25. The molecule has 5 heteroatoms. The van der Waals surface area contributed by atoms with E-state index >= 15 is 0 Å². The van der Waals surface area contributed by atoms with Crippen LogP contribution in [0.25, 0.3) is 121 Å². The molecule has 0 radical (unpaired) electrons. The zero-order valence-corrected chi connectivity index (χ0v) is 37.8. The Morgan fingerprint density at radius 1 is 0.304 bits per heavy atom. The van der Waals surface area contributed by atoms with E-state index in [9.17, 15) is 0 Å². The summed E-state index contributed by atoms with van der Waals surface area (Å²) in [6.07, 6.45) is 0. The SMILES string of the molecule is c1ccc(-c2ccc(-c3nc(-c4cccc5oc6ccc(-c7ccc8c(c7)C7(c9ccccc9-c9ccccc97)c7ccccc7-8)cc6c45)nc(-c4cccc5sc6ccccc6c45)n3)cc2)cc1. The highest BCUT2D eigenvalue weighted by Crippen LogP contribution is 2.63.